The van der Waals surface area contributed by atoms with Gasteiger partial charge in [-0.2, -0.15) is 0 Å². The second kappa shape index (κ2) is 4.51. The van der Waals surface area contributed by atoms with Crippen molar-refractivity contribution in [2.45, 2.75) is 39.2 Å². The number of aliphatic hydroxyl groups is 1. The predicted molar refractivity (Wildman–Crippen MR) is 69.7 cm³/mol. The molecule has 0 saturated carbocycles. The summed E-state index contributed by atoms with van der Waals surface area (Å²) in [5.41, 5.74) is 2.06. The number of halogens is 1. The van der Waals surface area contributed by atoms with Gasteiger partial charge in [0, 0.05) is 16.1 Å². The highest BCUT2D eigenvalue weighted by molar-refractivity contribution is 6.31. The summed E-state index contributed by atoms with van der Waals surface area (Å²) in [5, 5.41) is 11.0. The van der Waals surface area contributed by atoms with Crippen molar-refractivity contribution in [2.75, 3.05) is 7.11 Å². The number of hydrogen-bond acceptors (Lipinski definition) is 2. The molecule has 0 saturated heterocycles. The molecule has 2 nitrogen and oxygen atoms in total. The molecule has 0 bridgehead atoms. The minimum Gasteiger partial charge on any atom is -0.496 e. The standard InChI is InChI=1S/C14H19ClO2/c1-14(2)7-6-9-12(17-3)5-4-10(15)13(9)11(16)8-14/h4-5,11,16H,6-8H2,1-3H3. The van der Waals surface area contributed by atoms with Crippen molar-refractivity contribution in [3.8, 4) is 5.75 Å². The lowest BCUT2D eigenvalue weighted by molar-refractivity contribution is 0.116. The fraction of sp³-hybridized carbons (Fsp3) is 0.571. The van der Waals surface area contributed by atoms with Gasteiger partial charge in [-0.1, -0.05) is 25.4 Å². The number of hydrogen-bond donors (Lipinski definition) is 1. The van der Waals surface area contributed by atoms with E-state index in [2.05, 4.69) is 13.8 Å². The number of rotatable bonds is 1. The molecule has 2 rings (SSSR count). The zero-order valence-electron chi connectivity index (χ0n) is 10.6. The molecule has 0 radical (unpaired) electrons. The van der Waals surface area contributed by atoms with Crippen LogP contribution in [-0.4, -0.2) is 12.2 Å². The van der Waals surface area contributed by atoms with Crippen LogP contribution >= 0.6 is 11.6 Å². The Labute approximate surface area is 108 Å². The third-order valence-electron chi connectivity index (χ3n) is 3.61. The first-order valence-electron chi connectivity index (χ1n) is 5.98. The van der Waals surface area contributed by atoms with E-state index >= 15 is 0 Å². The highest BCUT2D eigenvalue weighted by atomic mass is 35.5. The molecule has 0 fully saturated rings. The van der Waals surface area contributed by atoms with E-state index < -0.39 is 6.10 Å². The average molecular weight is 255 g/mol. The third-order valence-corrected chi connectivity index (χ3v) is 3.94. The molecule has 94 valence electrons. The maximum absolute atomic E-state index is 10.3. The summed E-state index contributed by atoms with van der Waals surface area (Å²) in [5.74, 6) is 0.834. The molecule has 0 heterocycles. The highest BCUT2D eigenvalue weighted by Gasteiger charge is 2.31. The smallest absolute Gasteiger partial charge is 0.122 e. The van der Waals surface area contributed by atoms with Gasteiger partial charge < -0.3 is 9.84 Å². The van der Waals surface area contributed by atoms with Crippen LogP contribution in [0.1, 0.15) is 43.9 Å². The molecule has 17 heavy (non-hydrogen) atoms. The molecule has 1 aromatic carbocycles. The van der Waals surface area contributed by atoms with E-state index in [1.807, 2.05) is 6.07 Å². The van der Waals surface area contributed by atoms with Gasteiger partial charge in [-0.3, -0.25) is 0 Å². The van der Waals surface area contributed by atoms with Crippen LogP contribution in [0.5, 0.6) is 5.75 Å². The SMILES string of the molecule is COc1ccc(Cl)c2c1CCC(C)(C)CC2O. The van der Waals surface area contributed by atoms with Crippen molar-refractivity contribution in [3.05, 3.63) is 28.3 Å². The molecule has 1 aromatic rings. The lowest BCUT2D eigenvalue weighted by Gasteiger charge is -2.24. The normalized spacial score (nSPS) is 22.8. The van der Waals surface area contributed by atoms with E-state index in [0.717, 1.165) is 36.1 Å². The van der Waals surface area contributed by atoms with Gasteiger partial charge in [-0.15, -0.1) is 0 Å². The molecule has 1 aliphatic rings. The number of ether oxygens (including phenoxy) is 1. The van der Waals surface area contributed by atoms with E-state index in [1.54, 1.807) is 13.2 Å². The Balaban J connectivity index is 2.53. The summed E-state index contributed by atoms with van der Waals surface area (Å²) < 4.78 is 5.37. The predicted octanol–water partition coefficient (Wildman–Crippen LogP) is 3.74. The number of aliphatic hydroxyl groups excluding tert-OH is 1. The molecule has 3 heteroatoms. The second-order valence-electron chi connectivity index (χ2n) is 5.53. The average Bonchev–Trinajstić information content (AvgIpc) is 2.36. The van der Waals surface area contributed by atoms with E-state index in [4.69, 9.17) is 16.3 Å². The van der Waals surface area contributed by atoms with Crippen molar-refractivity contribution >= 4 is 11.6 Å². The first-order valence-corrected chi connectivity index (χ1v) is 6.36. The van der Waals surface area contributed by atoms with Crippen LogP contribution in [-0.2, 0) is 6.42 Å². The summed E-state index contributed by atoms with van der Waals surface area (Å²) in [7, 11) is 1.66. The van der Waals surface area contributed by atoms with Crippen molar-refractivity contribution in [3.63, 3.8) is 0 Å². The Hall–Kier alpha value is -0.730. The van der Waals surface area contributed by atoms with E-state index in [-0.39, 0.29) is 5.41 Å². The van der Waals surface area contributed by atoms with Gasteiger partial charge in [0.25, 0.3) is 0 Å². The summed E-state index contributed by atoms with van der Waals surface area (Å²) >= 11 is 6.22. The van der Waals surface area contributed by atoms with Gasteiger partial charge in [0.05, 0.1) is 13.2 Å². The molecule has 1 unspecified atom stereocenters. The Bertz CT molecular complexity index is 426. The van der Waals surface area contributed by atoms with Gasteiger partial charge in [-0.05, 0) is 36.8 Å². The minimum absolute atomic E-state index is 0.132. The zero-order chi connectivity index (χ0) is 12.6. The number of fused-ring (bicyclic) bond motifs is 1. The first-order chi connectivity index (χ1) is 7.94. The van der Waals surface area contributed by atoms with Gasteiger partial charge in [-0.25, -0.2) is 0 Å². The molecular formula is C14H19ClO2. The van der Waals surface area contributed by atoms with Crippen LogP contribution in [0, 0.1) is 5.41 Å². The van der Waals surface area contributed by atoms with Crippen LogP contribution in [0.25, 0.3) is 0 Å². The van der Waals surface area contributed by atoms with Crippen LogP contribution in [0.2, 0.25) is 5.02 Å². The Morgan fingerprint density at radius 3 is 2.76 bits per heavy atom. The van der Waals surface area contributed by atoms with Crippen molar-refractivity contribution in [1.29, 1.82) is 0 Å². The van der Waals surface area contributed by atoms with Crippen LogP contribution in [0.3, 0.4) is 0 Å². The highest BCUT2D eigenvalue weighted by Crippen LogP contribution is 2.44. The first kappa shape index (κ1) is 12.7. The summed E-state index contributed by atoms with van der Waals surface area (Å²) in [6.07, 6.45) is 2.19. The maximum atomic E-state index is 10.3. The summed E-state index contributed by atoms with van der Waals surface area (Å²) in [6.45, 7) is 4.37. The lowest BCUT2D eigenvalue weighted by Crippen LogP contribution is -2.13. The summed E-state index contributed by atoms with van der Waals surface area (Å²) in [6, 6.07) is 3.69. The van der Waals surface area contributed by atoms with Crippen molar-refractivity contribution < 1.29 is 9.84 Å². The largest absolute Gasteiger partial charge is 0.496 e. The van der Waals surface area contributed by atoms with E-state index in [1.165, 1.54) is 0 Å². The Morgan fingerprint density at radius 2 is 2.12 bits per heavy atom. The van der Waals surface area contributed by atoms with Crippen molar-refractivity contribution in [2.24, 2.45) is 5.41 Å². The molecule has 1 aliphatic carbocycles. The van der Waals surface area contributed by atoms with Gasteiger partial charge >= 0.3 is 0 Å². The van der Waals surface area contributed by atoms with E-state index in [0.29, 0.717) is 5.02 Å². The molecule has 0 amide bonds. The maximum Gasteiger partial charge on any atom is 0.122 e. The van der Waals surface area contributed by atoms with Crippen LogP contribution in [0.15, 0.2) is 12.1 Å². The Morgan fingerprint density at radius 1 is 1.41 bits per heavy atom. The molecule has 0 spiro atoms. The number of methoxy groups -OCH3 is 1. The number of benzene rings is 1. The zero-order valence-corrected chi connectivity index (χ0v) is 11.3. The topological polar surface area (TPSA) is 29.5 Å². The lowest BCUT2D eigenvalue weighted by atomic mass is 9.84. The fourth-order valence-corrected chi connectivity index (χ4v) is 2.92. The second-order valence-corrected chi connectivity index (χ2v) is 5.93. The quantitative estimate of drug-likeness (QED) is 0.774. The molecular weight excluding hydrogens is 236 g/mol. The molecule has 1 N–H and O–H groups in total. The van der Waals surface area contributed by atoms with Crippen LogP contribution in [0.4, 0.5) is 0 Å². The fourth-order valence-electron chi connectivity index (χ4n) is 2.62. The van der Waals surface area contributed by atoms with Crippen molar-refractivity contribution in [1.82, 2.24) is 0 Å². The minimum atomic E-state index is -0.495. The molecule has 1 atom stereocenters. The van der Waals surface area contributed by atoms with Gasteiger partial charge in [0.15, 0.2) is 0 Å². The van der Waals surface area contributed by atoms with Gasteiger partial charge in [0.1, 0.15) is 5.75 Å². The van der Waals surface area contributed by atoms with E-state index in [9.17, 15) is 5.11 Å². The third kappa shape index (κ3) is 2.43. The van der Waals surface area contributed by atoms with Gasteiger partial charge in [0.2, 0.25) is 0 Å². The monoisotopic (exact) mass is 254 g/mol. The van der Waals surface area contributed by atoms with Crippen LogP contribution < -0.4 is 4.74 Å². The molecule has 0 aliphatic heterocycles. The molecule has 0 aromatic heterocycles. The Kier molecular flexibility index (Phi) is 3.37. The summed E-state index contributed by atoms with van der Waals surface area (Å²) in [4.78, 5) is 0.